The molecule has 2 aromatic rings. The lowest BCUT2D eigenvalue weighted by Crippen LogP contribution is -2.24. The zero-order valence-corrected chi connectivity index (χ0v) is 9.50. The van der Waals surface area contributed by atoms with E-state index >= 15 is 0 Å². The number of benzene rings is 1. The van der Waals surface area contributed by atoms with Crippen LogP contribution >= 0.6 is 0 Å². The Balaban J connectivity index is 1.84. The Labute approximate surface area is 103 Å². The largest absolute Gasteiger partial charge is 0.476 e. The normalized spacial score (nSPS) is 15.3. The highest BCUT2D eigenvalue weighted by molar-refractivity contribution is 5.86. The fourth-order valence-electron chi connectivity index (χ4n) is 1.86. The third kappa shape index (κ3) is 1.89. The maximum atomic E-state index is 10.7. The molecule has 18 heavy (non-hydrogen) atoms. The van der Waals surface area contributed by atoms with E-state index in [1.165, 1.54) is 11.6 Å². The first-order valence-electron chi connectivity index (χ1n) is 5.62. The van der Waals surface area contributed by atoms with Gasteiger partial charge >= 0.3 is 5.97 Å². The van der Waals surface area contributed by atoms with E-state index in [4.69, 9.17) is 14.4 Å². The second kappa shape index (κ2) is 4.27. The maximum Gasteiger partial charge on any atom is 0.358 e. The molecule has 2 heterocycles. The van der Waals surface area contributed by atoms with E-state index in [1.807, 2.05) is 24.3 Å². The highest BCUT2D eigenvalue weighted by Gasteiger charge is 2.20. The molecule has 1 aromatic heterocycles. The van der Waals surface area contributed by atoms with Crippen LogP contribution in [0.15, 0.2) is 34.9 Å². The topological polar surface area (TPSA) is 72.6 Å². The summed E-state index contributed by atoms with van der Waals surface area (Å²) in [5.41, 5.74) is 1.96. The van der Waals surface area contributed by atoms with Crippen LogP contribution in [0.1, 0.15) is 22.0 Å². The number of hydrogen-bond acceptors (Lipinski definition) is 4. The van der Waals surface area contributed by atoms with Crippen LogP contribution in [0.5, 0.6) is 0 Å². The highest BCUT2D eigenvalue weighted by Crippen LogP contribution is 2.27. The summed E-state index contributed by atoms with van der Waals surface area (Å²) in [6.45, 7) is 1.54. The van der Waals surface area contributed by atoms with Crippen LogP contribution < -0.4 is 0 Å². The van der Waals surface area contributed by atoms with Crippen molar-refractivity contribution in [3.05, 3.63) is 41.6 Å². The SMILES string of the molecule is O=C(O)c1cc(-c2ccc(C3COC3)cc2)on1. The number of carboxylic acid groups (broad SMARTS) is 1. The molecule has 1 aromatic carbocycles. The lowest BCUT2D eigenvalue weighted by molar-refractivity contribution is 0.00842. The average Bonchev–Trinajstić information content (AvgIpc) is 2.77. The molecule has 0 amide bonds. The Bertz CT molecular complexity index is 569. The summed E-state index contributed by atoms with van der Waals surface area (Å²) < 4.78 is 10.1. The second-order valence-electron chi connectivity index (χ2n) is 4.24. The molecule has 0 spiro atoms. The van der Waals surface area contributed by atoms with Crippen LogP contribution in [0.3, 0.4) is 0 Å². The molecule has 0 bridgehead atoms. The van der Waals surface area contributed by atoms with Crippen molar-refractivity contribution in [3.8, 4) is 11.3 Å². The van der Waals surface area contributed by atoms with Crippen LogP contribution in [0, 0.1) is 0 Å². The zero-order valence-electron chi connectivity index (χ0n) is 9.50. The third-order valence-corrected chi connectivity index (χ3v) is 3.03. The minimum atomic E-state index is -1.09. The molecular formula is C13H11NO4. The van der Waals surface area contributed by atoms with E-state index in [2.05, 4.69) is 5.16 Å². The Morgan fingerprint density at radius 1 is 1.28 bits per heavy atom. The van der Waals surface area contributed by atoms with Crippen LogP contribution in [0.2, 0.25) is 0 Å². The molecule has 0 radical (unpaired) electrons. The summed E-state index contributed by atoms with van der Waals surface area (Å²) >= 11 is 0. The Morgan fingerprint density at radius 2 is 2.00 bits per heavy atom. The number of ether oxygens (including phenoxy) is 1. The fraction of sp³-hybridized carbons (Fsp3) is 0.231. The van der Waals surface area contributed by atoms with Crippen molar-refractivity contribution in [1.29, 1.82) is 0 Å². The van der Waals surface area contributed by atoms with Gasteiger partial charge in [-0.25, -0.2) is 4.79 Å². The van der Waals surface area contributed by atoms with Crippen molar-refractivity contribution in [2.75, 3.05) is 13.2 Å². The Morgan fingerprint density at radius 3 is 2.50 bits per heavy atom. The summed E-state index contributed by atoms with van der Waals surface area (Å²) in [5.74, 6) is -0.152. The van der Waals surface area contributed by atoms with Gasteiger partial charge < -0.3 is 14.4 Å². The molecule has 0 aliphatic carbocycles. The van der Waals surface area contributed by atoms with Gasteiger partial charge in [0.05, 0.1) is 13.2 Å². The summed E-state index contributed by atoms with van der Waals surface area (Å²) in [5, 5.41) is 12.2. The van der Waals surface area contributed by atoms with E-state index < -0.39 is 5.97 Å². The van der Waals surface area contributed by atoms with Gasteiger partial charge in [0, 0.05) is 17.5 Å². The van der Waals surface area contributed by atoms with Gasteiger partial charge in [-0.15, -0.1) is 0 Å². The van der Waals surface area contributed by atoms with Gasteiger partial charge in [-0.05, 0) is 5.56 Å². The van der Waals surface area contributed by atoms with Crippen LogP contribution in [-0.4, -0.2) is 29.4 Å². The van der Waals surface area contributed by atoms with Gasteiger partial charge in [0.2, 0.25) is 0 Å². The number of nitrogens with zero attached hydrogens (tertiary/aromatic N) is 1. The number of carbonyl (C=O) groups is 1. The number of carboxylic acids is 1. The van der Waals surface area contributed by atoms with Gasteiger partial charge in [-0.3, -0.25) is 0 Å². The number of aromatic nitrogens is 1. The quantitative estimate of drug-likeness (QED) is 0.896. The van der Waals surface area contributed by atoms with E-state index in [0.29, 0.717) is 11.7 Å². The van der Waals surface area contributed by atoms with Crippen LogP contribution in [-0.2, 0) is 4.74 Å². The maximum absolute atomic E-state index is 10.7. The van der Waals surface area contributed by atoms with E-state index in [1.54, 1.807) is 0 Å². The monoisotopic (exact) mass is 245 g/mol. The number of rotatable bonds is 3. The lowest BCUT2D eigenvalue weighted by atomic mass is 9.96. The van der Waals surface area contributed by atoms with Crippen molar-refractivity contribution in [2.24, 2.45) is 0 Å². The summed E-state index contributed by atoms with van der Waals surface area (Å²) in [6.07, 6.45) is 0. The molecule has 0 unspecified atom stereocenters. The van der Waals surface area contributed by atoms with Gasteiger partial charge in [0.15, 0.2) is 11.5 Å². The first-order valence-corrected chi connectivity index (χ1v) is 5.62. The molecule has 1 saturated heterocycles. The van der Waals surface area contributed by atoms with E-state index in [-0.39, 0.29) is 5.69 Å². The summed E-state index contributed by atoms with van der Waals surface area (Å²) in [6, 6.07) is 9.24. The first kappa shape index (κ1) is 11.0. The number of hydrogen-bond donors (Lipinski definition) is 1. The predicted molar refractivity (Wildman–Crippen MR) is 62.5 cm³/mol. The highest BCUT2D eigenvalue weighted by atomic mass is 16.5. The summed E-state index contributed by atoms with van der Waals surface area (Å²) in [7, 11) is 0. The molecule has 1 fully saturated rings. The molecule has 5 nitrogen and oxygen atoms in total. The Hall–Kier alpha value is -2.14. The second-order valence-corrected chi connectivity index (χ2v) is 4.24. The molecule has 3 rings (SSSR count). The van der Waals surface area contributed by atoms with E-state index in [0.717, 1.165) is 18.8 Å². The first-order chi connectivity index (χ1) is 8.74. The fourth-order valence-corrected chi connectivity index (χ4v) is 1.86. The molecule has 1 aliphatic heterocycles. The average molecular weight is 245 g/mol. The molecule has 1 N–H and O–H groups in total. The van der Waals surface area contributed by atoms with Crippen LogP contribution in [0.25, 0.3) is 11.3 Å². The number of aromatic carboxylic acids is 1. The third-order valence-electron chi connectivity index (χ3n) is 3.03. The van der Waals surface area contributed by atoms with Gasteiger partial charge in [-0.2, -0.15) is 0 Å². The van der Waals surface area contributed by atoms with Gasteiger partial charge in [0.1, 0.15) is 0 Å². The molecule has 1 aliphatic rings. The molecular weight excluding hydrogens is 234 g/mol. The van der Waals surface area contributed by atoms with Crippen molar-refractivity contribution >= 4 is 5.97 Å². The smallest absolute Gasteiger partial charge is 0.358 e. The lowest BCUT2D eigenvalue weighted by Gasteiger charge is -2.26. The van der Waals surface area contributed by atoms with Crippen molar-refractivity contribution in [2.45, 2.75) is 5.92 Å². The van der Waals surface area contributed by atoms with Crippen molar-refractivity contribution in [1.82, 2.24) is 5.16 Å². The summed E-state index contributed by atoms with van der Waals surface area (Å²) in [4.78, 5) is 10.7. The minimum absolute atomic E-state index is 0.0820. The zero-order chi connectivity index (χ0) is 12.5. The Kier molecular flexibility index (Phi) is 2.60. The van der Waals surface area contributed by atoms with Gasteiger partial charge in [0.25, 0.3) is 0 Å². The van der Waals surface area contributed by atoms with Crippen LogP contribution in [0.4, 0.5) is 0 Å². The standard InChI is InChI=1S/C13H11NO4/c15-13(16)11-5-12(18-14-11)9-3-1-8(2-4-9)10-6-17-7-10/h1-5,10H,6-7H2,(H,15,16). The minimum Gasteiger partial charge on any atom is -0.476 e. The molecule has 5 heteroatoms. The van der Waals surface area contributed by atoms with Gasteiger partial charge in [-0.1, -0.05) is 29.4 Å². The van der Waals surface area contributed by atoms with Crippen molar-refractivity contribution in [3.63, 3.8) is 0 Å². The molecule has 0 atom stereocenters. The van der Waals surface area contributed by atoms with E-state index in [9.17, 15) is 4.79 Å². The molecule has 0 saturated carbocycles. The van der Waals surface area contributed by atoms with Crippen molar-refractivity contribution < 1.29 is 19.2 Å². The predicted octanol–water partition coefficient (Wildman–Crippen LogP) is 2.15. The molecule has 92 valence electrons.